The van der Waals surface area contributed by atoms with Crippen LogP contribution >= 0.6 is 23.2 Å². The molecule has 1 aliphatic rings. The molecule has 29 heavy (non-hydrogen) atoms. The predicted molar refractivity (Wildman–Crippen MR) is 115 cm³/mol. The molecule has 5 rings (SSSR count). The fourth-order valence-corrected chi connectivity index (χ4v) is 4.12. The number of hydrogen-bond acceptors (Lipinski definition) is 3. The van der Waals surface area contributed by atoms with Crippen LogP contribution in [0.25, 0.3) is 16.6 Å². The first kappa shape index (κ1) is 18.4. The van der Waals surface area contributed by atoms with Crippen molar-refractivity contribution in [1.82, 2.24) is 19.6 Å². The Labute approximate surface area is 177 Å². The van der Waals surface area contributed by atoms with Crippen LogP contribution in [-0.2, 0) is 6.54 Å². The molecule has 0 radical (unpaired) electrons. The monoisotopic (exact) mass is 424 g/mol. The minimum atomic E-state index is -0.184. The fraction of sp³-hybridized carbons (Fsp3) is 0.227. The molecule has 0 saturated heterocycles. The Bertz CT molecular complexity index is 1300. The second kappa shape index (κ2) is 7.01. The second-order valence-electron chi connectivity index (χ2n) is 7.46. The van der Waals surface area contributed by atoms with Crippen molar-refractivity contribution >= 4 is 34.1 Å². The highest BCUT2D eigenvalue weighted by Crippen LogP contribution is 2.41. The highest BCUT2D eigenvalue weighted by molar-refractivity contribution is 6.35. The number of para-hydroxylation sites is 1. The lowest BCUT2D eigenvalue weighted by atomic mass is 10.1. The van der Waals surface area contributed by atoms with Gasteiger partial charge in [0.1, 0.15) is 5.52 Å². The number of rotatable bonds is 4. The molecule has 0 spiro atoms. The number of nitrogens with zero attached hydrogens (tertiary/aromatic N) is 4. The zero-order chi connectivity index (χ0) is 20.1. The molecule has 5 nitrogen and oxygen atoms in total. The molecule has 0 amide bonds. The minimum Gasteiger partial charge on any atom is -0.265 e. The molecule has 0 atom stereocenters. The molecule has 2 aromatic carbocycles. The number of aromatic nitrogens is 4. The number of halogens is 2. The molecule has 7 heteroatoms. The maximum absolute atomic E-state index is 13.4. The fourth-order valence-electron chi connectivity index (χ4n) is 3.65. The molecule has 0 aliphatic heterocycles. The molecule has 1 aliphatic carbocycles. The van der Waals surface area contributed by atoms with Crippen LogP contribution in [0.3, 0.4) is 0 Å². The van der Waals surface area contributed by atoms with Crippen LogP contribution in [0.4, 0.5) is 0 Å². The van der Waals surface area contributed by atoms with Gasteiger partial charge >= 0.3 is 0 Å². The molecule has 146 valence electrons. The van der Waals surface area contributed by atoms with Crippen molar-refractivity contribution in [3.63, 3.8) is 0 Å². The maximum atomic E-state index is 13.4. The van der Waals surface area contributed by atoms with Crippen molar-refractivity contribution in [2.75, 3.05) is 0 Å². The predicted octanol–water partition coefficient (Wildman–Crippen LogP) is 5.12. The Morgan fingerprint density at radius 3 is 2.66 bits per heavy atom. The van der Waals surface area contributed by atoms with Crippen LogP contribution in [0.1, 0.15) is 35.6 Å². The van der Waals surface area contributed by atoms with E-state index in [4.69, 9.17) is 28.3 Å². The van der Waals surface area contributed by atoms with E-state index in [0.29, 0.717) is 21.5 Å². The number of benzene rings is 2. The quantitative estimate of drug-likeness (QED) is 0.456. The lowest BCUT2D eigenvalue weighted by molar-refractivity contribution is 0.626. The van der Waals surface area contributed by atoms with Crippen molar-refractivity contribution in [3.05, 3.63) is 85.9 Å². The Kier molecular flexibility index (Phi) is 4.45. The molecule has 0 unspecified atom stereocenters. The van der Waals surface area contributed by atoms with E-state index in [-0.39, 0.29) is 12.1 Å². The molecular weight excluding hydrogens is 407 g/mol. The van der Waals surface area contributed by atoms with Crippen LogP contribution in [0.15, 0.2) is 53.5 Å². The molecule has 1 fully saturated rings. The highest BCUT2D eigenvalue weighted by Gasteiger charge is 2.30. The van der Waals surface area contributed by atoms with E-state index in [0.717, 1.165) is 40.7 Å². The SMILES string of the molecule is Cc1ccccc1-n1ncc2c(C3CC3)nn(Cc3ccc(Cl)cc3Cl)c(=O)c21. The van der Waals surface area contributed by atoms with E-state index in [1.165, 1.54) is 4.68 Å². The standard InChI is InChI=1S/C22H18Cl2N4O/c1-13-4-2-3-5-19(13)28-21-17(11-25-28)20(14-6-7-14)26-27(22(21)29)12-15-8-9-16(23)10-18(15)24/h2-5,8-11,14H,6-7,12H2,1H3. The summed E-state index contributed by atoms with van der Waals surface area (Å²) in [4.78, 5) is 13.4. The van der Waals surface area contributed by atoms with Crippen LogP contribution in [-0.4, -0.2) is 19.6 Å². The van der Waals surface area contributed by atoms with Gasteiger partial charge < -0.3 is 0 Å². The molecule has 0 N–H and O–H groups in total. The van der Waals surface area contributed by atoms with E-state index < -0.39 is 0 Å². The summed E-state index contributed by atoms with van der Waals surface area (Å²) in [5, 5.41) is 11.2. The lowest BCUT2D eigenvalue weighted by Gasteiger charge is -2.12. The Balaban J connectivity index is 1.73. The smallest absolute Gasteiger partial charge is 0.265 e. The van der Waals surface area contributed by atoms with Gasteiger partial charge in [-0.3, -0.25) is 4.79 Å². The van der Waals surface area contributed by atoms with E-state index in [1.807, 2.05) is 37.3 Å². The van der Waals surface area contributed by atoms with Crippen LogP contribution in [0.2, 0.25) is 10.0 Å². The van der Waals surface area contributed by atoms with Gasteiger partial charge in [-0.1, -0.05) is 47.5 Å². The topological polar surface area (TPSA) is 52.7 Å². The Morgan fingerprint density at radius 2 is 1.93 bits per heavy atom. The number of hydrogen-bond donors (Lipinski definition) is 0. The minimum absolute atomic E-state index is 0.184. The molecule has 4 aromatic rings. The first-order valence-electron chi connectivity index (χ1n) is 9.51. The second-order valence-corrected chi connectivity index (χ2v) is 8.31. The lowest BCUT2D eigenvalue weighted by Crippen LogP contribution is -2.26. The largest absolute Gasteiger partial charge is 0.293 e. The highest BCUT2D eigenvalue weighted by atomic mass is 35.5. The van der Waals surface area contributed by atoms with Gasteiger partial charge in [-0.05, 0) is 49.1 Å². The Morgan fingerprint density at radius 1 is 1.14 bits per heavy atom. The van der Waals surface area contributed by atoms with Crippen molar-refractivity contribution in [2.45, 2.75) is 32.2 Å². The van der Waals surface area contributed by atoms with Gasteiger partial charge in [0.15, 0.2) is 0 Å². The van der Waals surface area contributed by atoms with Crippen molar-refractivity contribution < 1.29 is 0 Å². The van der Waals surface area contributed by atoms with Crippen molar-refractivity contribution in [1.29, 1.82) is 0 Å². The molecule has 0 bridgehead atoms. The number of aryl methyl sites for hydroxylation is 1. The molecular formula is C22H18Cl2N4O. The first-order chi connectivity index (χ1) is 14.0. The zero-order valence-electron chi connectivity index (χ0n) is 15.8. The van der Waals surface area contributed by atoms with Crippen LogP contribution in [0.5, 0.6) is 0 Å². The summed E-state index contributed by atoms with van der Waals surface area (Å²) in [6.45, 7) is 2.29. The van der Waals surface area contributed by atoms with Gasteiger partial charge in [0.05, 0.1) is 24.1 Å². The summed E-state index contributed by atoms with van der Waals surface area (Å²) in [6, 6.07) is 13.2. The van der Waals surface area contributed by atoms with Gasteiger partial charge in [0, 0.05) is 21.3 Å². The van der Waals surface area contributed by atoms with E-state index in [1.54, 1.807) is 23.0 Å². The van der Waals surface area contributed by atoms with Gasteiger partial charge in [0.2, 0.25) is 0 Å². The van der Waals surface area contributed by atoms with E-state index >= 15 is 0 Å². The molecule has 1 saturated carbocycles. The molecule has 2 heterocycles. The van der Waals surface area contributed by atoms with Crippen LogP contribution in [0, 0.1) is 6.92 Å². The molecule has 2 aromatic heterocycles. The maximum Gasteiger partial charge on any atom is 0.293 e. The summed E-state index contributed by atoms with van der Waals surface area (Å²) < 4.78 is 3.24. The number of fused-ring (bicyclic) bond motifs is 1. The van der Waals surface area contributed by atoms with Crippen LogP contribution < -0.4 is 5.56 Å². The summed E-state index contributed by atoms with van der Waals surface area (Å²) in [5.41, 5.74) is 4.05. The van der Waals surface area contributed by atoms with Crippen molar-refractivity contribution in [2.24, 2.45) is 0 Å². The average Bonchev–Trinajstić information content (AvgIpc) is 3.45. The van der Waals surface area contributed by atoms with Gasteiger partial charge in [-0.15, -0.1) is 0 Å². The summed E-state index contributed by atoms with van der Waals surface area (Å²) in [7, 11) is 0. The van der Waals surface area contributed by atoms with Gasteiger partial charge in [-0.25, -0.2) is 9.36 Å². The zero-order valence-corrected chi connectivity index (χ0v) is 17.3. The van der Waals surface area contributed by atoms with E-state index in [2.05, 4.69) is 5.10 Å². The van der Waals surface area contributed by atoms with Gasteiger partial charge in [0.25, 0.3) is 5.56 Å². The van der Waals surface area contributed by atoms with E-state index in [9.17, 15) is 4.79 Å². The summed E-state index contributed by atoms with van der Waals surface area (Å²) in [6.07, 6.45) is 3.93. The third-order valence-corrected chi connectivity index (χ3v) is 5.94. The van der Waals surface area contributed by atoms with Crippen molar-refractivity contribution in [3.8, 4) is 5.69 Å². The first-order valence-corrected chi connectivity index (χ1v) is 10.3. The third kappa shape index (κ3) is 3.24. The average molecular weight is 425 g/mol. The summed E-state index contributed by atoms with van der Waals surface area (Å²) >= 11 is 12.4. The van der Waals surface area contributed by atoms with Gasteiger partial charge in [-0.2, -0.15) is 10.2 Å². The summed E-state index contributed by atoms with van der Waals surface area (Å²) in [5.74, 6) is 0.375. The normalized spacial score (nSPS) is 13.9. The third-order valence-electron chi connectivity index (χ3n) is 5.35. The Hall–Kier alpha value is -2.63.